The summed E-state index contributed by atoms with van der Waals surface area (Å²) in [4.78, 5) is 27.7. The Morgan fingerprint density at radius 1 is 1.14 bits per heavy atom. The summed E-state index contributed by atoms with van der Waals surface area (Å²) in [6.45, 7) is 0. The minimum atomic E-state index is -0.543. The molecule has 0 saturated heterocycles. The predicted octanol–water partition coefficient (Wildman–Crippen LogP) is 1.82. The van der Waals surface area contributed by atoms with Crippen molar-refractivity contribution in [1.82, 2.24) is 15.8 Å². The van der Waals surface area contributed by atoms with Crippen LogP contribution in [0.25, 0.3) is 0 Å². The second-order valence-corrected chi connectivity index (χ2v) is 4.40. The SMILES string of the molecule is COc1ccc(Cl)cc1C(=O)NNC(=O)c1ccccn1. The number of ether oxygens (including phenoxy) is 1. The molecule has 1 heterocycles. The molecule has 6 nitrogen and oxygen atoms in total. The quantitative estimate of drug-likeness (QED) is 0.848. The molecule has 2 N–H and O–H groups in total. The fraction of sp³-hybridized carbons (Fsp3) is 0.0714. The molecule has 108 valence electrons. The first kappa shape index (κ1) is 14.8. The summed E-state index contributed by atoms with van der Waals surface area (Å²) >= 11 is 5.84. The number of amides is 2. The molecule has 0 atom stereocenters. The maximum atomic E-state index is 12.0. The number of rotatable bonds is 3. The normalized spacial score (nSPS) is 9.81. The van der Waals surface area contributed by atoms with Gasteiger partial charge in [0, 0.05) is 11.2 Å². The van der Waals surface area contributed by atoms with Crippen LogP contribution < -0.4 is 15.6 Å². The van der Waals surface area contributed by atoms with Gasteiger partial charge in [0.1, 0.15) is 11.4 Å². The van der Waals surface area contributed by atoms with Gasteiger partial charge in [0.25, 0.3) is 11.8 Å². The smallest absolute Gasteiger partial charge is 0.288 e. The number of halogens is 1. The number of hydrogen-bond acceptors (Lipinski definition) is 4. The fourth-order valence-corrected chi connectivity index (χ4v) is 1.77. The van der Waals surface area contributed by atoms with Gasteiger partial charge in [-0.2, -0.15) is 0 Å². The molecule has 0 spiro atoms. The molecule has 21 heavy (non-hydrogen) atoms. The van der Waals surface area contributed by atoms with Crippen LogP contribution in [0.15, 0.2) is 42.6 Å². The zero-order chi connectivity index (χ0) is 15.2. The third-order valence-electron chi connectivity index (χ3n) is 2.59. The van der Waals surface area contributed by atoms with Gasteiger partial charge in [-0.1, -0.05) is 17.7 Å². The van der Waals surface area contributed by atoms with E-state index in [0.29, 0.717) is 10.8 Å². The number of nitrogens with one attached hydrogen (secondary N) is 2. The minimum absolute atomic E-state index is 0.191. The van der Waals surface area contributed by atoms with Gasteiger partial charge in [-0.3, -0.25) is 25.4 Å². The van der Waals surface area contributed by atoms with E-state index in [-0.39, 0.29) is 11.3 Å². The van der Waals surface area contributed by atoms with E-state index in [2.05, 4.69) is 15.8 Å². The summed E-state index contributed by atoms with van der Waals surface area (Å²) in [5, 5.41) is 0.386. The first-order valence-corrected chi connectivity index (χ1v) is 6.35. The molecular weight excluding hydrogens is 294 g/mol. The fourth-order valence-electron chi connectivity index (χ4n) is 1.60. The summed E-state index contributed by atoms with van der Waals surface area (Å²) in [6, 6.07) is 9.50. The molecule has 1 aromatic carbocycles. The van der Waals surface area contributed by atoms with Crippen LogP contribution in [0.1, 0.15) is 20.8 Å². The molecule has 0 aliphatic heterocycles. The molecule has 0 bridgehead atoms. The largest absolute Gasteiger partial charge is 0.496 e. The van der Waals surface area contributed by atoms with Crippen molar-refractivity contribution in [2.45, 2.75) is 0 Å². The Morgan fingerprint density at radius 3 is 2.57 bits per heavy atom. The Labute approximate surface area is 126 Å². The van der Waals surface area contributed by atoms with E-state index in [9.17, 15) is 9.59 Å². The highest BCUT2D eigenvalue weighted by atomic mass is 35.5. The second kappa shape index (κ2) is 6.71. The lowest BCUT2D eigenvalue weighted by Crippen LogP contribution is -2.42. The number of nitrogens with zero attached hydrogens (tertiary/aromatic N) is 1. The number of carbonyl (C=O) groups excluding carboxylic acids is 2. The van der Waals surface area contributed by atoms with E-state index in [4.69, 9.17) is 16.3 Å². The van der Waals surface area contributed by atoms with Crippen molar-refractivity contribution < 1.29 is 14.3 Å². The highest BCUT2D eigenvalue weighted by Gasteiger charge is 2.14. The van der Waals surface area contributed by atoms with Crippen LogP contribution in [-0.4, -0.2) is 23.9 Å². The van der Waals surface area contributed by atoms with E-state index < -0.39 is 11.8 Å². The van der Waals surface area contributed by atoms with Crippen LogP contribution in [0.4, 0.5) is 0 Å². The molecule has 0 unspecified atom stereocenters. The molecule has 7 heteroatoms. The Kier molecular flexibility index (Phi) is 4.73. The molecule has 0 radical (unpaired) electrons. The molecular formula is C14H12ClN3O3. The third kappa shape index (κ3) is 3.70. The van der Waals surface area contributed by atoms with Crippen molar-refractivity contribution in [3.05, 3.63) is 58.9 Å². The molecule has 0 aliphatic rings. The highest BCUT2D eigenvalue weighted by molar-refractivity contribution is 6.31. The number of hydrogen-bond donors (Lipinski definition) is 2. The van der Waals surface area contributed by atoms with Crippen molar-refractivity contribution in [1.29, 1.82) is 0 Å². The number of benzene rings is 1. The number of aromatic nitrogens is 1. The summed E-state index contributed by atoms with van der Waals surface area (Å²) in [6.07, 6.45) is 1.48. The standard InChI is InChI=1S/C14H12ClN3O3/c1-21-12-6-5-9(15)8-10(12)13(19)17-18-14(20)11-4-2-3-7-16-11/h2-8H,1H3,(H,17,19)(H,18,20). The van der Waals surface area contributed by atoms with Gasteiger partial charge in [0.05, 0.1) is 12.7 Å². The molecule has 0 fully saturated rings. The maximum absolute atomic E-state index is 12.0. The van der Waals surface area contributed by atoms with Gasteiger partial charge in [0.15, 0.2) is 0 Å². The number of hydrazine groups is 1. The Morgan fingerprint density at radius 2 is 1.90 bits per heavy atom. The molecule has 1 aromatic heterocycles. The maximum Gasteiger partial charge on any atom is 0.288 e. The van der Waals surface area contributed by atoms with Gasteiger partial charge in [-0.05, 0) is 30.3 Å². The van der Waals surface area contributed by atoms with E-state index in [1.165, 1.54) is 25.4 Å². The van der Waals surface area contributed by atoms with Gasteiger partial charge < -0.3 is 4.74 Å². The van der Waals surface area contributed by atoms with Crippen molar-refractivity contribution in [2.24, 2.45) is 0 Å². The summed E-state index contributed by atoms with van der Waals surface area (Å²) in [7, 11) is 1.44. The van der Waals surface area contributed by atoms with Gasteiger partial charge in [0.2, 0.25) is 0 Å². The number of methoxy groups -OCH3 is 1. The minimum Gasteiger partial charge on any atom is -0.496 e. The summed E-state index contributed by atoms with van der Waals surface area (Å²) in [5.41, 5.74) is 4.96. The monoisotopic (exact) mass is 305 g/mol. The topological polar surface area (TPSA) is 80.3 Å². The van der Waals surface area contributed by atoms with Crippen molar-refractivity contribution >= 4 is 23.4 Å². The van der Waals surface area contributed by atoms with Crippen LogP contribution in [0, 0.1) is 0 Å². The Balaban J connectivity index is 2.05. The van der Waals surface area contributed by atoms with E-state index in [0.717, 1.165) is 0 Å². The summed E-state index contributed by atoms with van der Waals surface area (Å²) in [5.74, 6) is -0.715. The van der Waals surface area contributed by atoms with E-state index >= 15 is 0 Å². The van der Waals surface area contributed by atoms with Gasteiger partial charge in [-0.25, -0.2) is 0 Å². The molecule has 2 rings (SSSR count). The second-order valence-electron chi connectivity index (χ2n) is 3.97. The lowest BCUT2D eigenvalue weighted by molar-refractivity contribution is 0.0842. The van der Waals surface area contributed by atoms with Crippen molar-refractivity contribution in [3.8, 4) is 5.75 Å². The van der Waals surface area contributed by atoms with Crippen LogP contribution in [0.2, 0.25) is 5.02 Å². The predicted molar refractivity (Wildman–Crippen MR) is 77.2 cm³/mol. The van der Waals surface area contributed by atoms with E-state index in [1.807, 2.05) is 0 Å². The first-order chi connectivity index (χ1) is 10.1. The molecule has 2 aromatic rings. The third-order valence-corrected chi connectivity index (χ3v) is 2.83. The van der Waals surface area contributed by atoms with Crippen molar-refractivity contribution in [3.63, 3.8) is 0 Å². The van der Waals surface area contributed by atoms with Crippen LogP contribution >= 0.6 is 11.6 Å². The lowest BCUT2D eigenvalue weighted by Gasteiger charge is -2.10. The molecule has 0 saturated carbocycles. The average molecular weight is 306 g/mol. The first-order valence-electron chi connectivity index (χ1n) is 5.97. The van der Waals surface area contributed by atoms with E-state index in [1.54, 1.807) is 24.3 Å². The zero-order valence-corrected chi connectivity index (χ0v) is 11.8. The number of pyridine rings is 1. The lowest BCUT2D eigenvalue weighted by atomic mass is 10.2. The number of carbonyl (C=O) groups is 2. The molecule has 2 amide bonds. The van der Waals surface area contributed by atoms with Crippen LogP contribution in [-0.2, 0) is 0 Å². The van der Waals surface area contributed by atoms with Gasteiger partial charge >= 0.3 is 0 Å². The molecule has 0 aliphatic carbocycles. The summed E-state index contributed by atoms with van der Waals surface area (Å²) < 4.78 is 5.07. The Bertz CT molecular complexity index is 662. The Hall–Kier alpha value is -2.60. The highest BCUT2D eigenvalue weighted by Crippen LogP contribution is 2.22. The zero-order valence-electron chi connectivity index (χ0n) is 11.1. The average Bonchev–Trinajstić information content (AvgIpc) is 2.53. The van der Waals surface area contributed by atoms with Crippen LogP contribution in [0.5, 0.6) is 5.75 Å². The van der Waals surface area contributed by atoms with Crippen molar-refractivity contribution in [2.75, 3.05) is 7.11 Å². The van der Waals surface area contributed by atoms with Crippen LogP contribution in [0.3, 0.4) is 0 Å². The van der Waals surface area contributed by atoms with Gasteiger partial charge in [-0.15, -0.1) is 0 Å².